The smallest absolute Gasteiger partial charge is 0.119 e. The Morgan fingerprint density at radius 1 is 1.19 bits per heavy atom. The van der Waals surface area contributed by atoms with Crippen molar-refractivity contribution in [1.29, 1.82) is 0 Å². The Morgan fingerprint density at radius 3 is 2.52 bits per heavy atom. The van der Waals surface area contributed by atoms with Crippen molar-refractivity contribution in [1.82, 2.24) is 5.32 Å². The number of hydrogen-bond acceptors (Lipinski definition) is 4. The highest BCUT2D eigenvalue weighted by molar-refractivity contribution is 8.07. The lowest BCUT2D eigenvalue weighted by molar-refractivity contribution is 0.340. The van der Waals surface area contributed by atoms with E-state index in [0.717, 1.165) is 18.9 Å². The van der Waals surface area contributed by atoms with Gasteiger partial charge in [-0.2, -0.15) is 23.5 Å². The second-order valence-electron chi connectivity index (χ2n) is 5.35. The summed E-state index contributed by atoms with van der Waals surface area (Å²) < 4.78 is 5.56. The minimum Gasteiger partial charge on any atom is -0.494 e. The fourth-order valence-electron chi connectivity index (χ4n) is 2.68. The zero-order valence-corrected chi connectivity index (χ0v) is 14.9. The molecule has 4 heteroatoms. The lowest BCUT2D eigenvalue weighted by atomic mass is 10.0. The first-order chi connectivity index (χ1) is 10.3. The molecule has 1 aliphatic rings. The van der Waals surface area contributed by atoms with Gasteiger partial charge in [0.25, 0.3) is 0 Å². The molecule has 21 heavy (non-hydrogen) atoms. The Balaban J connectivity index is 2.13. The Hall–Kier alpha value is -0.320. The number of hydrogen-bond donors (Lipinski definition) is 1. The molecule has 0 aromatic heterocycles. The van der Waals surface area contributed by atoms with Crippen LogP contribution in [0.15, 0.2) is 24.3 Å². The van der Waals surface area contributed by atoms with Gasteiger partial charge in [0.2, 0.25) is 0 Å². The van der Waals surface area contributed by atoms with E-state index >= 15 is 0 Å². The topological polar surface area (TPSA) is 21.3 Å². The van der Waals surface area contributed by atoms with Crippen LogP contribution in [0, 0.1) is 0 Å². The number of nitrogens with one attached hydrogen (secondary N) is 1. The van der Waals surface area contributed by atoms with Gasteiger partial charge in [-0.1, -0.05) is 26.0 Å². The molecule has 118 valence electrons. The molecule has 2 rings (SSSR count). The molecule has 3 unspecified atom stereocenters. The summed E-state index contributed by atoms with van der Waals surface area (Å²) in [6.07, 6.45) is 1.17. The molecule has 0 amide bonds. The van der Waals surface area contributed by atoms with E-state index in [1.165, 1.54) is 23.5 Å². The Morgan fingerprint density at radius 2 is 1.90 bits per heavy atom. The predicted molar refractivity (Wildman–Crippen MR) is 96.8 cm³/mol. The first-order valence-electron chi connectivity index (χ1n) is 7.95. The van der Waals surface area contributed by atoms with Gasteiger partial charge in [0.05, 0.1) is 6.61 Å². The zero-order chi connectivity index (χ0) is 15.1. The van der Waals surface area contributed by atoms with Crippen LogP contribution in [-0.4, -0.2) is 35.2 Å². The molecule has 1 aromatic carbocycles. The van der Waals surface area contributed by atoms with Crippen LogP contribution in [0.1, 0.15) is 38.8 Å². The van der Waals surface area contributed by atoms with Crippen molar-refractivity contribution in [2.45, 2.75) is 43.7 Å². The molecular formula is C17H27NOS2. The van der Waals surface area contributed by atoms with E-state index in [4.69, 9.17) is 4.74 Å². The van der Waals surface area contributed by atoms with Crippen LogP contribution in [0.5, 0.6) is 5.75 Å². The van der Waals surface area contributed by atoms with Gasteiger partial charge in [-0.15, -0.1) is 0 Å². The van der Waals surface area contributed by atoms with Crippen LogP contribution in [0.25, 0.3) is 0 Å². The van der Waals surface area contributed by atoms with E-state index in [-0.39, 0.29) is 0 Å². The third-order valence-corrected chi connectivity index (χ3v) is 6.92. The summed E-state index contributed by atoms with van der Waals surface area (Å²) in [5.41, 5.74) is 1.39. The number of rotatable bonds is 7. The Kier molecular flexibility index (Phi) is 7.27. The summed E-state index contributed by atoms with van der Waals surface area (Å²) in [4.78, 5) is 0. The average Bonchev–Trinajstić information content (AvgIpc) is 2.51. The summed E-state index contributed by atoms with van der Waals surface area (Å²) in [5.74, 6) is 3.52. The van der Waals surface area contributed by atoms with Gasteiger partial charge >= 0.3 is 0 Å². The lowest BCUT2D eigenvalue weighted by Crippen LogP contribution is -2.38. The van der Waals surface area contributed by atoms with Gasteiger partial charge in [0, 0.05) is 28.0 Å². The van der Waals surface area contributed by atoms with Crippen LogP contribution >= 0.6 is 23.5 Å². The summed E-state index contributed by atoms with van der Waals surface area (Å²) in [5, 5.41) is 5.11. The average molecular weight is 326 g/mol. The van der Waals surface area contributed by atoms with Crippen molar-refractivity contribution >= 4 is 23.5 Å². The van der Waals surface area contributed by atoms with Gasteiger partial charge < -0.3 is 10.1 Å². The summed E-state index contributed by atoms with van der Waals surface area (Å²) in [6.45, 7) is 8.43. The van der Waals surface area contributed by atoms with Crippen LogP contribution in [0.3, 0.4) is 0 Å². The maximum Gasteiger partial charge on any atom is 0.119 e. The van der Waals surface area contributed by atoms with E-state index in [1.807, 2.05) is 6.92 Å². The molecule has 0 saturated carbocycles. The minimum atomic E-state index is 0.438. The number of ether oxygens (including phenoxy) is 1. The second-order valence-corrected chi connectivity index (χ2v) is 8.12. The van der Waals surface area contributed by atoms with Gasteiger partial charge in [-0.25, -0.2) is 0 Å². The van der Waals surface area contributed by atoms with Crippen molar-refractivity contribution in [3.8, 4) is 5.75 Å². The van der Waals surface area contributed by atoms with Crippen molar-refractivity contribution in [2.24, 2.45) is 0 Å². The fourth-order valence-corrected chi connectivity index (χ4v) is 5.63. The van der Waals surface area contributed by atoms with Crippen LogP contribution in [-0.2, 0) is 0 Å². The second kappa shape index (κ2) is 8.96. The SMILES string of the molecule is CCCNC(c1ccc(OCC)cc1)C1SCCSC1C. The van der Waals surface area contributed by atoms with E-state index in [1.54, 1.807) is 0 Å². The Labute approximate surface area is 137 Å². The van der Waals surface area contributed by atoms with Crippen LogP contribution < -0.4 is 10.1 Å². The highest BCUT2D eigenvalue weighted by atomic mass is 32.2. The molecule has 2 nitrogen and oxygen atoms in total. The van der Waals surface area contributed by atoms with Gasteiger partial charge in [0.15, 0.2) is 0 Å². The molecule has 1 heterocycles. The third-order valence-electron chi connectivity index (χ3n) is 3.73. The fraction of sp³-hybridized carbons (Fsp3) is 0.647. The lowest BCUT2D eigenvalue weighted by Gasteiger charge is -2.35. The van der Waals surface area contributed by atoms with Gasteiger partial charge in [-0.3, -0.25) is 0 Å². The van der Waals surface area contributed by atoms with Crippen molar-refractivity contribution < 1.29 is 4.74 Å². The van der Waals surface area contributed by atoms with Gasteiger partial charge in [-0.05, 0) is 37.6 Å². The van der Waals surface area contributed by atoms with Crippen molar-refractivity contribution in [2.75, 3.05) is 24.7 Å². The standard InChI is InChI=1S/C17H27NOS2/c1-4-10-18-16(17-13(3)20-11-12-21-17)14-6-8-15(9-7-14)19-5-2/h6-9,13,16-18H,4-5,10-12H2,1-3H3. The Bertz CT molecular complexity index is 410. The third kappa shape index (κ3) is 4.83. The maximum atomic E-state index is 5.56. The zero-order valence-electron chi connectivity index (χ0n) is 13.3. The molecule has 1 N–H and O–H groups in total. The van der Waals surface area contributed by atoms with Crippen molar-refractivity contribution in [3.63, 3.8) is 0 Å². The van der Waals surface area contributed by atoms with E-state index in [0.29, 0.717) is 16.5 Å². The van der Waals surface area contributed by atoms with E-state index in [2.05, 4.69) is 67.0 Å². The van der Waals surface area contributed by atoms with E-state index in [9.17, 15) is 0 Å². The molecule has 3 atom stereocenters. The summed E-state index contributed by atoms with van der Waals surface area (Å²) in [6, 6.07) is 9.10. The molecule has 0 spiro atoms. The summed E-state index contributed by atoms with van der Waals surface area (Å²) in [7, 11) is 0. The quantitative estimate of drug-likeness (QED) is 0.803. The molecule has 0 aliphatic carbocycles. The van der Waals surface area contributed by atoms with Gasteiger partial charge in [0.1, 0.15) is 5.75 Å². The molecular weight excluding hydrogens is 298 g/mol. The molecule has 1 saturated heterocycles. The number of thioether (sulfide) groups is 2. The molecule has 0 bridgehead atoms. The maximum absolute atomic E-state index is 5.56. The minimum absolute atomic E-state index is 0.438. The first kappa shape index (κ1) is 17.0. The number of benzene rings is 1. The normalized spacial score (nSPS) is 23.8. The monoisotopic (exact) mass is 325 g/mol. The summed E-state index contributed by atoms with van der Waals surface area (Å²) >= 11 is 4.23. The molecule has 0 radical (unpaired) electrons. The highest BCUT2D eigenvalue weighted by Gasteiger charge is 2.31. The molecule has 1 fully saturated rings. The largest absolute Gasteiger partial charge is 0.494 e. The van der Waals surface area contributed by atoms with Crippen LogP contribution in [0.2, 0.25) is 0 Å². The first-order valence-corrected chi connectivity index (χ1v) is 10.0. The van der Waals surface area contributed by atoms with E-state index < -0.39 is 0 Å². The van der Waals surface area contributed by atoms with Crippen molar-refractivity contribution in [3.05, 3.63) is 29.8 Å². The molecule has 1 aliphatic heterocycles. The predicted octanol–water partition coefficient (Wildman–Crippen LogP) is 4.36. The van der Waals surface area contributed by atoms with Crippen LogP contribution in [0.4, 0.5) is 0 Å². The molecule has 1 aromatic rings. The highest BCUT2D eigenvalue weighted by Crippen LogP contribution is 2.38.